The second-order valence-corrected chi connectivity index (χ2v) is 7.58. The van der Waals surface area contributed by atoms with E-state index < -0.39 is 6.10 Å². The highest BCUT2D eigenvalue weighted by Gasteiger charge is 2.31. The van der Waals surface area contributed by atoms with Gasteiger partial charge >= 0.3 is 0 Å². The number of aryl methyl sites for hydroxylation is 2. The van der Waals surface area contributed by atoms with E-state index in [1.165, 1.54) is 16.6 Å². The largest absolute Gasteiger partial charge is 0.385 e. The van der Waals surface area contributed by atoms with E-state index in [0.29, 0.717) is 0 Å². The quantitative estimate of drug-likeness (QED) is 0.765. The smallest absolute Gasteiger partial charge is 0.137 e. The Balaban J connectivity index is 1.72. The fraction of sp³-hybridized carbons (Fsp3) is 0.455. The number of pyridine rings is 1. The van der Waals surface area contributed by atoms with E-state index in [1.54, 1.807) is 6.20 Å². The number of aliphatic hydroxyl groups is 1. The monoisotopic (exact) mass is 364 g/mol. The third-order valence-electron chi connectivity index (χ3n) is 5.87. The van der Waals surface area contributed by atoms with Gasteiger partial charge in [0.25, 0.3) is 0 Å². The summed E-state index contributed by atoms with van der Waals surface area (Å²) >= 11 is 0. The average molecular weight is 364 g/mol. The van der Waals surface area contributed by atoms with Crippen LogP contribution in [-0.4, -0.2) is 32.7 Å². The van der Waals surface area contributed by atoms with Gasteiger partial charge < -0.3 is 14.6 Å². The van der Waals surface area contributed by atoms with Crippen LogP contribution in [0.5, 0.6) is 0 Å². The maximum Gasteiger partial charge on any atom is 0.137 e. The molecule has 4 rings (SSSR count). The summed E-state index contributed by atoms with van der Waals surface area (Å²) in [5, 5.41) is 12.2. The second-order valence-electron chi connectivity index (χ2n) is 7.58. The van der Waals surface area contributed by atoms with Crippen LogP contribution < -0.4 is 4.90 Å². The molecule has 0 aliphatic carbocycles. The molecule has 1 saturated heterocycles. The normalized spacial score (nSPS) is 18.8. The van der Waals surface area contributed by atoms with Crippen LogP contribution in [0.4, 0.5) is 5.69 Å². The van der Waals surface area contributed by atoms with Gasteiger partial charge in [-0.2, -0.15) is 0 Å². The van der Waals surface area contributed by atoms with E-state index in [1.807, 2.05) is 23.9 Å². The first-order valence-electron chi connectivity index (χ1n) is 9.88. The van der Waals surface area contributed by atoms with Crippen molar-refractivity contribution in [3.63, 3.8) is 0 Å². The second kappa shape index (κ2) is 7.31. The molecule has 27 heavy (non-hydrogen) atoms. The fourth-order valence-corrected chi connectivity index (χ4v) is 4.48. The summed E-state index contributed by atoms with van der Waals surface area (Å²) in [5.41, 5.74) is 4.78. The Labute approximate surface area is 160 Å². The molecule has 0 radical (unpaired) electrons. The van der Waals surface area contributed by atoms with Crippen molar-refractivity contribution < 1.29 is 5.11 Å². The molecule has 2 aromatic heterocycles. The van der Waals surface area contributed by atoms with Gasteiger partial charge in [-0.05, 0) is 37.8 Å². The van der Waals surface area contributed by atoms with Crippen molar-refractivity contribution in [3.8, 4) is 0 Å². The lowest BCUT2D eigenvalue weighted by Gasteiger charge is -2.38. The molecule has 1 fully saturated rings. The fourth-order valence-electron chi connectivity index (χ4n) is 4.48. The van der Waals surface area contributed by atoms with E-state index >= 15 is 0 Å². The molecule has 0 saturated carbocycles. The number of benzene rings is 1. The first-order chi connectivity index (χ1) is 13.1. The highest BCUT2D eigenvalue weighted by molar-refractivity contribution is 5.94. The third-order valence-corrected chi connectivity index (χ3v) is 5.87. The minimum absolute atomic E-state index is 0.178. The van der Waals surface area contributed by atoms with Gasteiger partial charge in [-0.1, -0.05) is 25.1 Å². The molecule has 0 bridgehead atoms. The summed E-state index contributed by atoms with van der Waals surface area (Å²) in [6.07, 6.45) is 6.18. The Morgan fingerprint density at radius 3 is 2.85 bits per heavy atom. The summed E-state index contributed by atoms with van der Waals surface area (Å²) in [7, 11) is 1.95. The molecule has 142 valence electrons. The van der Waals surface area contributed by atoms with Crippen molar-refractivity contribution in [2.75, 3.05) is 18.0 Å². The van der Waals surface area contributed by atoms with Crippen LogP contribution in [0.1, 0.15) is 43.0 Å². The van der Waals surface area contributed by atoms with Crippen LogP contribution in [0.15, 0.2) is 36.7 Å². The van der Waals surface area contributed by atoms with Gasteiger partial charge in [0.05, 0.1) is 11.2 Å². The topological polar surface area (TPSA) is 54.2 Å². The number of hydrogen-bond acceptors (Lipinski definition) is 4. The summed E-state index contributed by atoms with van der Waals surface area (Å²) in [6, 6.07) is 8.41. The number of aromatic nitrogens is 3. The number of hydrogen-bond donors (Lipinski definition) is 1. The van der Waals surface area contributed by atoms with Crippen molar-refractivity contribution >= 4 is 16.6 Å². The Morgan fingerprint density at radius 1 is 1.30 bits per heavy atom. The maximum absolute atomic E-state index is 11.0. The maximum atomic E-state index is 11.0. The van der Waals surface area contributed by atoms with E-state index in [4.69, 9.17) is 4.98 Å². The molecule has 5 nitrogen and oxygen atoms in total. The predicted molar refractivity (Wildman–Crippen MR) is 109 cm³/mol. The number of imidazole rings is 1. The zero-order chi connectivity index (χ0) is 19.0. The van der Waals surface area contributed by atoms with Gasteiger partial charge in [0.15, 0.2) is 0 Å². The summed E-state index contributed by atoms with van der Waals surface area (Å²) in [5.74, 6) is 0.935. The molecule has 0 amide bonds. The number of piperidine rings is 1. The number of fused-ring (bicyclic) bond motifs is 1. The van der Waals surface area contributed by atoms with E-state index in [2.05, 4.69) is 41.9 Å². The molecule has 3 heterocycles. The molecular formula is C22H28N4O. The van der Waals surface area contributed by atoms with Gasteiger partial charge in [-0.25, -0.2) is 4.98 Å². The molecule has 5 heteroatoms. The first-order valence-corrected chi connectivity index (χ1v) is 9.88. The van der Waals surface area contributed by atoms with Crippen molar-refractivity contribution in [1.29, 1.82) is 0 Å². The Hall–Kier alpha value is -2.40. The molecular weight excluding hydrogens is 336 g/mol. The van der Waals surface area contributed by atoms with Crippen molar-refractivity contribution in [2.24, 2.45) is 13.0 Å². The molecule has 0 spiro atoms. The SMILES string of the molecule is CCc1c(C)nc2ccccc2c1N1CCCC(C(O)c2nccn2C)C1. The molecule has 2 unspecified atom stereocenters. The van der Waals surface area contributed by atoms with E-state index in [9.17, 15) is 5.11 Å². The van der Waals surface area contributed by atoms with Crippen molar-refractivity contribution in [2.45, 2.75) is 39.2 Å². The molecule has 1 aliphatic rings. The molecule has 1 aliphatic heterocycles. The van der Waals surface area contributed by atoms with Crippen LogP contribution >= 0.6 is 0 Å². The third kappa shape index (κ3) is 3.21. The summed E-state index contributed by atoms with van der Waals surface area (Å²) < 4.78 is 1.92. The lowest BCUT2D eigenvalue weighted by Crippen LogP contribution is -2.39. The Morgan fingerprint density at radius 2 is 2.11 bits per heavy atom. The minimum Gasteiger partial charge on any atom is -0.385 e. The molecule has 3 aromatic rings. The van der Waals surface area contributed by atoms with Crippen LogP contribution in [0.25, 0.3) is 10.9 Å². The zero-order valence-corrected chi connectivity index (χ0v) is 16.4. The molecule has 1 aromatic carbocycles. The number of rotatable bonds is 4. The number of aliphatic hydroxyl groups excluding tert-OH is 1. The highest BCUT2D eigenvalue weighted by atomic mass is 16.3. The summed E-state index contributed by atoms with van der Waals surface area (Å²) in [6.45, 7) is 6.17. The van der Waals surface area contributed by atoms with E-state index in [0.717, 1.165) is 49.4 Å². The van der Waals surface area contributed by atoms with Gasteiger partial charge in [0.1, 0.15) is 11.9 Å². The van der Waals surface area contributed by atoms with E-state index in [-0.39, 0.29) is 5.92 Å². The lowest BCUT2D eigenvalue weighted by atomic mass is 9.90. The van der Waals surface area contributed by atoms with Crippen LogP contribution in [-0.2, 0) is 13.5 Å². The number of para-hydroxylation sites is 1. The van der Waals surface area contributed by atoms with Crippen molar-refractivity contribution in [1.82, 2.24) is 14.5 Å². The van der Waals surface area contributed by atoms with Gasteiger partial charge in [-0.15, -0.1) is 0 Å². The highest BCUT2D eigenvalue weighted by Crippen LogP contribution is 2.37. The molecule has 2 atom stereocenters. The standard InChI is InChI=1S/C22H28N4O/c1-4-17-15(2)24-19-10-6-5-9-18(19)20(17)26-12-7-8-16(14-26)21(27)22-23-11-13-25(22)3/h5-6,9-11,13,16,21,27H,4,7-8,12,14H2,1-3H3. The first kappa shape index (κ1) is 18.0. The summed E-state index contributed by atoms with van der Waals surface area (Å²) in [4.78, 5) is 11.7. The van der Waals surface area contributed by atoms with Crippen molar-refractivity contribution in [3.05, 3.63) is 53.7 Å². The zero-order valence-electron chi connectivity index (χ0n) is 16.4. The van der Waals surface area contributed by atoms with Gasteiger partial charge in [0.2, 0.25) is 0 Å². The van der Waals surface area contributed by atoms with Crippen LogP contribution in [0.2, 0.25) is 0 Å². The van der Waals surface area contributed by atoms with Crippen LogP contribution in [0.3, 0.4) is 0 Å². The van der Waals surface area contributed by atoms with Crippen LogP contribution in [0, 0.1) is 12.8 Å². The lowest BCUT2D eigenvalue weighted by molar-refractivity contribution is 0.0875. The number of nitrogens with zero attached hydrogens (tertiary/aromatic N) is 4. The Bertz CT molecular complexity index is 949. The molecule has 1 N–H and O–H groups in total. The Kier molecular flexibility index (Phi) is 4.87. The number of anilines is 1. The predicted octanol–water partition coefficient (Wildman–Crippen LogP) is 3.79. The minimum atomic E-state index is -0.535. The average Bonchev–Trinajstić information content (AvgIpc) is 3.12. The van der Waals surface area contributed by atoms with Gasteiger partial charge in [0, 0.05) is 49.5 Å². The van der Waals surface area contributed by atoms with Gasteiger partial charge in [-0.3, -0.25) is 4.98 Å².